The summed E-state index contributed by atoms with van der Waals surface area (Å²) in [6.45, 7) is 3.18. The molecule has 1 aliphatic rings. The van der Waals surface area contributed by atoms with Crippen molar-refractivity contribution in [3.8, 4) is 0 Å². The maximum Gasteiger partial charge on any atom is 0.318 e. The molecule has 0 fully saturated rings. The van der Waals surface area contributed by atoms with Crippen LogP contribution < -0.4 is 5.32 Å². The van der Waals surface area contributed by atoms with Crippen molar-refractivity contribution >= 4 is 11.7 Å². The van der Waals surface area contributed by atoms with Crippen molar-refractivity contribution in [3.63, 3.8) is 0 Å². The average Bonchev–Trinajstić information content (AvgIpc) is 3.06. The van der Waals surface area contributed by atoms with Gasteiger partial charge in [0.05, 0.1) is 17.2 Å². The van der Waals surface area contributed by atoms with Gasteiger partial charge in [-0.05, 0) is 24.0 Å². The van der Waals surface area contributed by atoms with Crippen molar-refractivity contribution in [2.24, 2.45) is 0 Å². The van der Waals surface area contributed by atoms with Gasteiger partial charge in [0.15, 0.2) is 5.76 Å². The Bertz CT molecular complexity index is 771. The van der Waals surface area contributed by atoms with Crippen LogP contribution in [0.1, 0.15) is 29.5 Å². The Balaban J connectivity index is 1.62. The molecule has 8 heteroatoms. The highest BCUT2D eigenvalue weighted by Crippen LogP contribution is 2.23. The molecule has 1 aromatic carbocycles. The number of fused-ring (bicyclic) bond motifs is 1. The van der Waals surface area contributed by atoms with Gasteiger partial charge in [-0.15, -0.1) is 0 Å². The van der Waals surface area contributed by atoms with Crippen molar-refractivity contribution in [2.45, 2.75) is 32.9 Å². The third kappa shape index (κ3) is 3.37. The number of urea groups is 1. The second-order valence-electron chi connectivity index (χ2n) is 5.68. The van der Waals surface area contributed by atoms with Crippen molar-refractivity contribution in [1.82, 2.24) is 15.4 Å². The molecule has 3 rings (SSSR count). The van der Waals surface area contributed by atoms with Gasteiger partial charge < -0.3 is 14.7 Å². The summed E-state index contributed by atoms with van der Waals surface area (Å²) < 4.78 is 5.13. The van der Waals surface area contributed by atoms with Gasteiger partial charge >= 0.3 is 6.03 Å². The fraction of sp³-hybridized carbons (Fsp3) is 0.375. The van der Waals surface area contributed by atoms with Crippen molar-refractivity contribution < 1.29 is 14.2 Å². The van der Waals surface area contributed by atoms with Gasteiger partial charge in [-0.3, -0.25) is 10.1 Å². The average molecular weight is 330 g/mol. The first-order valence-electron chi connectivity index (χ1n) is 7.80. The SMILES string of the molecule is CCc1cc(CNC(=O)N2CCc3ccc([N+](=O)[O-])cc3C2)on1. The molecule has 0 spiro atoms. The summed E-state index contributed by atoms with van der Waals surface area (Å²) in [4.78, 5) is 24.4. The maximum atomic E-state index is 12.3. The van der Waals surface area contributed by atoms with E-state index in [1.54, 1.807) is 17.0 Å². The van der Waals surface area contributed by atoms with E-state index >= 15 is 0 Å². The number of benzene rings is 1. The predicted molar refractivity (Wildman–Crippen MR) is 85.3 cm³/mol. The molecular formula is C16H18N4O4. The van der Waals surface area contributed by atoms with Gasteiger partial charge in [-0.25, -0.2) is 4.79 Å². The van der Waals surface area contributed by atoms with Gasteiger partial charge in [0.1, 0.15) is 0 Å². The Morgan fingerprint density at radius 2 is 2.25 bits per heavy atom. The van der Waals surface area contributed by atoms with Gasteiger partial charge in [0.25, 0.3) is 5.69 Å². The molecule has 0 unspecified atom stereocenters. The Hall–Kier alpha value is -2.90. The fourth-order valence-corrected chi connectivity index (χ4v) is 2.71. The van der Waals surface area contributed by atoms with E-state index in [1.807, 2.05) is 13.0 Å². The lowest BCUT2D eigenvalue weighted by Gasteiger charge is -2.28. The minimum atomic E-state index is -0.422. The highest BCUT2D eigenvalue weighted by molar-refractivity contribution is 5.74. The van der Waals surface area contributed by atoms with Crippen molar-refractivity contribution in [3.05, 3.63) is 57.0 Å². The second kappa shape index (κ2) is 6.69. The first kappa shape index (κ1) is 16.0. The number of nitrogens with zero attached hydrogens (tertiary/aromatic N) is 3. The zero-order valence-electron chi connectivity index (χ0n) is 13.3. The molecule has 24 heavy (non-hydrogen) atoms. The third-order valence-electron chi connectivity index (χ3n) is 4.08. The third-order valence-corrected chi connectivity index (χ3v) is 4.08. The van der Waals surface area contributed by atoms with E-state index in [1.165, 1.54) is 6.07 Å². The number of hydrogen-bond acceptors (Lipinski definition) is 5. The van der Waals surface area contributed by atoms with E-state index in [-0.39, 0.29) is 18.3 Å². The monoisotopic (exact) mass is 330 g/mol. The minimum Gasteiger partial charge on any atom is -0.359 e. The summed E-state index contributed by atoms with van der Waals surface area (Å²) in [5, 5.41) is 17.6. The van der Waals surface area contributed by atoms with Crippen molar-refractivity contribution in [2.75, 3.05) is 6.54 Å². The number of nitro benzene ring substituents is 1. The largest absolute Gasteiger partial charge is 0.359 e. The smallest absolute Gasteiger partial charge is 0.318 e. The van der Waals surface area contributed by atoms with Crippen LogP contribution in [0, 0.1) is 10.1 Å². The van der Waals surface area contributed by atoms with Gasteiger partial charge in [0.2, 0.25) is 0 Å². The molecule has 1 aliphatic heterocycles. The molecular weight excluding hydrogens is 312 g/mol. The van der Waals surface area contributed by atoms with E-state index in [2.05, 4.69) is 10.5 Å². The first-order valence-corrected chi connectivity index (χ1v) is 7.80. The van der Waals surface area contributed by atoms with Crippen LogP contribution >= 0.6 is 0 Å². The Kier molecular flexibility index (Phi) is 4.45. The summed E-state index contributed by atoms with van der Waals surface area (Å²) in [5.74, 6) is 0.605. The number of non-ortho nitro benzene ring substituents is 1. The summed E-state index contributed by atoms with van der Waals surface area (Å²) in [6.07, 6.45) is 1.46. The van der Waals surface area contributed by atoms with Crippen LogP contribution in [0.4, 0.5) is 10.5 Å². The van der Waals surface area contributed by atoms with E-state index in [0.29, 0.717) is 25.3 Å². The molecule has 2 heterocycles. The van der Waals surface area contributed by atoms with Gasteiger partial charge in [0, 0.05) is 31.3 Å². The number of nitrogens with one attached hydrogen (secondary N) is 1. The highest BCUT2D eigenvalue weighted by atomic mass is 16.6. The molecule has 0 saturated carbocycles. The zero-order chi connectivity index (χ0) is 17.1. The Morgan fingerprint density at radius 1 is 1.42 bits per heavy atom. The molecule has 2 aromatic rings. The molecule has 1 aromatic heterocycles. The second-order valence-corrected chi connectivity index (χ2v) is 5.68. The van der Waals surface area contributed by atoms with Crippen molar-refractivity contribution in [1.29, 1.82) is 0 Å². The number of hydrogen-bond donors (Lipinski definition) is 1. The normalized spacial score (nSPS) is 13.5. The number of nitro groups is 1. The first-order chi connectivity index (χ1) is 11.6. The zero-order valence-corrected chi connectivity index (χ0v) is 13.3. The molecule has 0 bridgehead atoms. The molecule has 0 radical (unpaired) electrons. The van der Waals surface area contributed by atoms with E-state index in [4.69, 9.17) is 4.52 Å². The van der Waals surface area contributed by atoms with E-state index in [0.717, 1.165) is 23.2 Å². The quantitative estimate of drug-likeness (QED) is 0.685. The molecule has 0 saturated heterocycles. The Morgan fingerprint density at radius 3 is 2.96 bits per heavy atom. The number of carbonyl (C=O) groups excluding carboxylic acids is 1. The molecule has 1 N–H and O–H groups in total. The number of rotatable bonds is 4. The molecule has 8 nitrogen and oxygen atoms in total. The van der Waals surface area contributed by atoms with E-state index in [9.17, 15) is 14.9 Å². The lowest BCUT2D eigenvalue weighted by Crippen LogP contribution is -2.42. The van der Waals surface area contributed by atoms with Crippen LogP contribution in [0.5, 0.6) is 0 Å². The summed E-state index contributed by atoms with van der Waals surface area (Å²) in [5.41, 5.74) is 2.76. The van der Waals surface area contributed by atoms with Crippen LogP contribution in [0.2, 0.25) is 0 Å². The van der Waals surface area contributed by atoms with Crippen LogP contribution in [0.25, 0.3) is 0 Å². The lowest BCUT2D eigenvalue weighted by atomic mass is 9.99. The summed E-state index contributed by atoms with van der Waals surface area (Å²) in [7, 11) is 0. The molecule has 126 valence electrons. The van der Waals surface area contributed by atoms with Gasteiger partial charge in [-0.1, -0.05) is 18.1 Å². The molecule has 0 atom stereocenters. The molecule has 2 amide bonds. The minimum absolute atomic E-state index is 0.0461. The number of amides is 2. The fourth-order valence-electron chi connectivity index (χ4n) is 2.71. The number of aryl methyl sites for hydroxylation is 1. The Labute approximate surface area is 138 Å². The topological polar surface area (TPSA) is 102 Å². The standard InChI is InChI=1S/C16H18N4O4/c1-2-13-8-15(24-18-13)9-17-16(21)19-6-5-11-3-4-14(20(22)23)7-12(11)10-19/h3-4,7-8H,2,5-6,9-10H2,1H3,(H,17,21). The van der Waals surface area contributed by atoms with Gasteiger partial charge in [-0.2, -0.15) is 0 Å². The lowest BCUT2D eigenvalue weighted by molar-refractivity contribution is -0.385. The van der Waals surface area contributed by atoms with E-state index < -0.39 is 4.92 Å². The van der Waals surface area contributed by atoms with Crippen LogP contribution in [-0.4, -0.2) is 27.6 Å². The molecule has 0 aliphatic carbocycles. The summed E-state index contributed by atoms with van der Waals surface area (Å²) >= 11 is 0. The highest BCUT2D eigenvalue weighted by Gasteiger charge is 2.22. The van der Waals surface area contributed by atoms with Crippen LogP contribution in [0.3, 0.4) is 0 Å². The van der Waals surface area contributed by atoms with Crippen LogP contribution in [-0.2, 0) is 25.9 Å². The maximum absolute atomic E-state index is 12.3. The predicted octanol–water partition coefficient (Wildman–Crippen LogP) is 2.41. The summed E-state index contributed by atoms with van der Waals surface area (Å²) in [6, 6.07) is 6.41. The number of aromatic nitrogens is 1. The van der Waals surface area contributed by atoms with Crippen LogP contribution in [0.15, 0.2) is 28.8 Å². The number of carbonyl (C=O) groups is 1.